The average molecular weight is 424 g/mol. The Morgan fingerprint density at radius 1 is 1.07 bits per heavy atom. The van der Waals surface area contributed by atoms with Gasteiger partial charge in [0.2, 0.25) is 0 Å². The Labute approximate surface area is 155 Å². The van der Waals surface area contributed by atoms with Crippen LogP contribution in [0, 0.1) is 0 Å². The summed E-state index contributed by atoms with van der Waals surface area (Å²) in [4.78, 5) is 11.6. The fourth-order valence-corrected chi connectivity index (χ4v) is 2.12. The minimum absolute atomic E-state index is 0.0320. The fraction of sp³-hybridized carbons (Fsp3) is 0.562. The number of nitrogens with one attached hydrogen (secondary N) is 1. The van der Waals surface area contributed by atoms with Gasteiger partial charge >= 0.3 is 24.0 Å². The van der Waals surface area contributed by atoms with E-state index in [9.17, 15) is 35.5 Å². The van der Waals surface area contributed by atoms with Crippen LogP contribution < -0.4 is 5.32 Å². The molecule has 0 bridgehead atoms. The van der Waals surface area contributed by atoms with Crippen molar-refractivity contribution < 1.29 is 40.3 Å². The number of hydrogen-bond donors (Lipinski definition) is 1. The molecule has 1 aromatic carbocycles. The van der Waals surface area contributed by atoms with Crippen molar-refractivity contribution in [2.75, 3.05) is 6.54 Å². The Morgan fingerprint density at radius 3 is 2.04 bits per heavy atom. The van der Waals surface area contributed by atoms with Crippen molar-refractivity contribution in [3.63, 3.8) is 0 Å². The van der Waals surface area contributed by atoms with Crippen LogP contribution >= 0.6 is 11.6 Å². The minimum Gasteiger partial charge on any atom is -0.451 e. The lowest BCUT2D eigenvalue weighted by Crippen LogP contribution is -2.57. The molecule has 1 aromatic rings. The summed E-state index contributed by atoms with van der Waals surface area (Å²) in [6.07, 6.45) is -8.26. The molecule has 154 valence electrons. The van der Waals surface area contributed by atoms with E-state index in [2.05, 4.69) is 10.1 Å². The summed E-state index contributed by atoms with van der Waals surface area (Å²) in [6, 6.07) is 5.46. The molecular formula is C16H17ClF7NO2. The highest BCUT2D eigenvalue weighted by Crippen LogP contribution is 2.47. The quantitative estimate of drug-likeness (QED) is 0.508. The molecular weight excluding hydrogens is 407 g/mol. The highest BCUT2D eigenvalue weighted by molar-refractivity contribution is 6.31. The molecule has 1 N–H and O–H groups in total. The zero-order valence-electron chi connectivity index (χ0n) is 14.4. The van der Waals surface area contributed by atoms with Crippen molar-refractivity contribution in [2.45, 2.75) is 50.4 Å². The third-order valence-corrected chi connectivity index (χ3v) is 3.67. The fourth-order valence-electron chi connectivity index (χ4n) is 1.86. The summed E-state index contributed by atoms with van der Waals surface area (Å²) in [5.41, 5.74) is -0.639. The van der Waals surface area contributed by atoms with Crippen LogP contribution in [0.25, 0.3) is 0 Å². The van der Waals surface area contributed by atoms with Gasteiger partial charge in [0.05, 0.1) is 0 Å². The van der Waals surface area contributed by atoms with Gasteiger partial charge in [-0.05, 0) is 26.8 Å². The van der Waals surface area contributed by atoms with E-state index < -0.39 is 35.6 Å². The summed E-state index contributed by atoms with van der Waals surface area (Å²) in [5, 5.41) is 2.74. The van der Waals surface area contributed by atoms with Crippen LogP contribution in [-0.4, -0.2) is 36.1 Å². The number of carbonyl (C=O) groups excluding carboxylic acids is 1. The molecule has 27 heavy (non-hydrogen) atoms. The molecule has 11 heteroatoms. The van der Waals surface area contributed by atoms with Crippen LogP contribution in [-0.2, 0) is 9.53 Å². The summed E-state index contributed by atoms with van der Waals surface area (Å²) >= 11 is 5.89. The lowest BCUT2D eigenvalue weighted by atomic mass is 10.1. The molecule has 1 rings (SSSR count). The highest BCUT2D eigenvalue weighted by atomic mass is 35.5. The third-order valence-electron chi connectivity index (χ3n) is 3.33. The number of carbonyl (C=O) groups is 1. The van der Waals surface area contributed by atoms with Gasteiger partial charge in [-0.25, -0.2) is 4.79 Å². The number of halogens is 8. The van der Waals surface area contributed by atoms with Crippen molar-refractivity contribution in [2.24, 2.45) is 0 Å². The number of rotatable bonds is 6. The number of alkyl halides is 7. The van der Waals surface area contributed by atoms with Gasteiger partial charge in [0.25, 0.3) is 0 Å². The van der Waals surface area contributed by atoms with Gasteiger partial charge < -0.3 is 10.1 Å². The Bertz CT molecular complexity index is 671. The first-order valence-electron chi connectivity index (χ1n) is 7.53. The van der Waals surface area contributed by atoms with E-state index in [4.69, 9.17) is 11.6 Å². The summed E-state index contributed by atoms with van der Waals surface area (Å²) in [5.74, 6) is -15.7. The lowest BCUT2D eigenvalue weighted by molar-refractivity contribution is -0.349. The molecule has 0 saturated carbocycles. The molecule has 3 nitrogen and oxygen atoms in total. The Hall–Kier alpha value is -1.55. The van der Waals surface area contributed by atoms with Gasteiger partial charge in [-0.15, -0.1) is 0 Å². The summed E-state index contributed by atoms with van der Waals surface area (Å²) < 4.78 is 94.3. The topological polar surface area (TPSA) is 38.3 Å². The Kier molecular flexibility index (Phi) is 6.81. The SMILES string of the molecule is CC(C)(C)NCC(OC(=O)C(F)(F)C(F)(F)C(F)(F)F)c1ccccc1Cl. The van der Waals surface area contributed by atoms with Crippen LogP contribution in [0.15, 0.2) is 24.3 Å². The Morgan fingerprint density at radius 2 is 1.59 bits per heavy atom. The van der Waals surface area contributed by atoms with E-state index in [1.54, 1.807) is 20.8 Å². The van der Waals surface area contributed by atoms with Crippen molar-refractivity contribution in [3.05, 3.63) is 34.9 Å². The average Bonchev–Trinajstić information content (AvgIpc) is 2.49. The first-order chi connectivity index (χ1) is 12.0. The minimum atomic E-state index is -6.64. The van der Waals surface area contributed by atoms with E-state index in [1.165, 1.54) is 24.3 Å². The molecule has 0 aliphatic carbocycles. The molecule has 0 saturated heterocycles. The van der Waals surface area contributed by atoms with Crippen LogP contribution in [0.3, 0.4) is 0 Å². The maximum atomic E-state index is 13.5. The number of hydrogen-bond acceptors (Lipinski definition) is 3. The van der Waals surface area contributed by atoms with Crippen LogP contribution in [0.5, 0.6) is 0 Å². The van der Waals surface area contributed by atoms with E-state index in [1.807, 2.05) is 0 Å². The zero-order chi connectivity index (χ0) is 21.3. The maximum absolute atomic E-state index is 13.5. The second-order valence-electron chi connectivity index (χ2n) is 6.69. The lowest BCUT2D eigenvalue weighted by Gasteiger charge is -2.30. The van der Waals surface area contributed by atoms with Gasteiger partial charge in [0.1, 0.15) is 6.10 Å². The Balaban J connectivity index is 3.18. The molecule has 0 aliphatic heterocycles. The molecule has 0 fully saturated rings. The van der Waals surface area contributed by atoms with E-state index in [0.29, 0.717) is 0 Å². The second-order valence-corrected chi connectivity index (χ2v) is 7.10. The first-order valence-corrected chi connectivity index (χ1v) is 7.91. The van der Waals surface area contributed by atoms with Gasteiger partial charge in [-0.2, -0.15) is 30.7 Å². The van der Waals surface area contributed by atoms with E-state index >= 15 is 0 Å². The summed E-state index contributed by atoms with van der Waals surface area (Å²) in [6.45, 7) is 4.66. The number of benzene rings is 1. The molecule has 0 radical (unpaired) electrons. The molecule has 0 aromatic heterocycles. The van der Waals surface area contributed by atoms with Crippen molar-refractivity contribution in [3.8, 4) is 0 Å². The van der Waals surface area contributed by atoms with Crippen LogP contribution in [0.2, 0.25) is 5.02 Å². The van der Waals surface area contributed by atoms with Crippen molar-refractivity contribution >= 4 is 17.6 Å². The van der Waals surface area contributed by atoms with E-state index in [0.717, 1.165) is 0 Å². The van der Waals surface area contributed by atoms with Crippen LogP contribution in [0.1, 0.15) is 32.4 Å². The largest absolute Gasteiger partial charge is 0.460 e. The summed E-state index contributed by atoms with van der Waals surface area (Å²) in [7, 11) is 0. The van der Waals surface area contributed by atoms with Gasteiger partial charge in [0, 0.05) is 22.7 Å². The molecule has 0 amide bonds. The van der Waals surface area contributed by atoms with Crippen molar-refractivity contribution in [1.29, 1.82) is 0 Å². The van der Waals surface area contributed by atoms with Crippen molar-refractivity contribution in [1.82, 2.24) is 5.32 Å². The molecule has 1 atom stereocenters. The standard InChI is InChI=1S/C16H17ClF7NO2/c1-13(2,3)25-8-11(9-6-4-5-7-10(9)17)27-12(26)14(18,19)15(20,21)16(22,23)24/h4-7,11,25H,8H2,1-3H3. The molecule has 0 spiro atoms. The van der Waals surface area contributed by atoms with Gasteiger partial charge in [-0.3, -0.25) is 0 Å². The van der Waals surface area contributed by atoms with Gasteiger partial charge in [-0.1, -0.05) is 29.8 Å². The second kappa shape index (κ2) is 7.83. The predicted molar refractivity (Wildman–Crippen MR) is 84.0 cm³/mol. The smallest absolute Gasteiger partial charge is 0.451 e. The third kappa shape index (κ3) is 5.47. The predicted octanol–water partition coefficient (Wildman–Crippen LogP) is 5.15. The number of esters is 1. The van der Waals surface area contributed by atoms with Gasteiger partial charge in [0.15, 0.2) is 0 Å². The van der Waals surface area contributed by atoms with E-state index in [-0.39, 0.29) is 17.1 Å². The maximum Gasteiger partial charge on any atom is 0.460 e. The first kappa shape index (κ1) is 23.5. The monoisotopic (exact) mass is 423 g/mol. The van der Waals surface area contributed by atoms with Crippen LogP contribution in [0.4, 0.5) is 30.7 Å². The molecule has 0 aliphatic rings. The highest BCUT2D eigenvalue weighted by Gasteiger charge is 2.77. The molecule has 0 heterocycles. The zero-order valence-corrected chi connectivity index (χ0v) is 15.2. The normalized spacial score (nSPS) is 14.8. The number of ether oxygens (including phenoxy) is 1. The molecule has 1 unspecified atom stereocenters.